The predicted molar refractivity (Wildman–Crippen MR) is 177 cm³/mol. The van der Waals surface area contributed by atoms with Crippen molar-refractivity contribution in [2.45, 2.75) is 77.5 Å². The van der Waals surface area contributed by atoms with Crippen LogP contribution in [-0.2, 0) is 276 Å². The molecule has 0 spiro atoms. The Labute approximate surface area is 529 Å². The molecule has 2 rings (SSSR count). The van der Waals surface area contributed by atoms with Crippen molar-refractivity contribution in [1.82, 2.24) is 0 Å². The summed E-state index contributed by atoms with van der Waals surface area (Å²) in [7, 11) is 3.54. The van der Waals surface area contributed by atoms with Crippen molar-refractivity contribution >= 4 is 25.1 Å². The van der Waals surface area contributed by atoms with Crippen molar-refractivity contribution in [1.29, 1.82) is 0 Å². The van der Waals surface area contributed by atoms with Crippen LogP contribution in [0.2, 0.25) is 0 Å². The fourth-order valence-electron chi connectivity index (χ4n) is 2.19. The van der Waals surface area contributed by atoms with E-state index in [4.69, 9.17) is 97.7 Å². The third-order valence-electron chi connectivity index (χ3n) is 3.60. The molecule has 69 heavy (non-hydrogen) atoms. The van der Waals surface area contributed by atoms with Crippen LogP contribution in [0.1, 0.15) is 66.7 Å². The van der Waals surface area contributed by atoms with Crippen LogP contribution < -0.4 is 0 Å². The van der Waals surface area contributed by atoms with Crippen LogP contribution in [-0.4, -0.2) is 10.8 Å². The van der Waals surface area contributed by atoms with Gasteiger partial charge in [-0.3, -0.25) is 0 Å². The van der Waals surface area contributed by atoms with Gasteiger partial charge in [-0.05, 0) is 10.8 Å². The molecule has 5 unspecified atom stereocenters. The summed E-state index contributed by atoms with van der Waals surface area (Å²) in [5.41, 5.74) is 0.841. The van der Waals surface area contributed by atoms with E-state index in [1.54, 1.807) is 0 Å². The summed E-state index contributed by atoms with van der Waals surface area (Å²) >= 11 is 0. The predicted octanol–water partition coefficient (Wildman–Crippen LogP) is 5.65. The molecule has 33 heteroatoms. The smallest absolute Gasteiger partial charge is 0.337 e. The zero-order valence-electron chi connectivity index (χ0n) is 35.0. The normalized spacial score (nSPS) is 9.22. The van der Waals surface area contributed by atoms with Gasteiger partial charge in [0, 0.05) is 166 Å². The second-order valence-electron chi connectivity index (χ2n) is 7.44. The van der Waals surface area contributed by atoms with E-state index in [1.165, 1.54) is 48.6 Å². The Kier molecular flexibility index (Phi) is 1300. The van der Waals surface area contributed by atoms with Crippen LogP contribution in [0.3, 0.4) is 0 Å². The van der Waals surface area contributed by atoms with E-state index in [1.807, 2.05) is 0 Å². The van der Waals surface area contributed by atoms with Gasteiger partial charge in [0.15, 0.2) is 0 Å². The van der Waals surface area contributed by atoms with Crippen LogP contribution in [0.15, 0.2) is 0 Å². The molecule has 5 atom stereocenters. The molecule has 0 bridgehead atoms. The third kappa shape index (κ3) is 418. The average molecular weight is 2490 g/mol. The molecule has 1 aliphatic carbocycles. The molecule has 2 fully saturated rings. The molecule has 1 saturated heterocycles. The summed E-state index contributed by atoms with van der Waals surface area (Å²) in [6.45, 7) is 111. The standard InChI is InChI=1S/C10H22P3.C5H10.21CO.Fe.8Ir/c1-9(2,3)7-11-8(13-12-7)10(4,5)6;1-2-4-5-3-1;21*1-2;;;;;;;;;/h7-8,11-13H,1H2,2-6H3;1-5H2;;;;;;;;;;;;;;;;;;;;;;;;;;;;;;/q-1;;;;;;;;;;;;;;;;;;;;;;;+2;;;;;;;;. The van der Waals surface area contributed by atoms with Gasteiger partial charge in [-0.1, -0.05) is 83.3 Å². The van der Waals surface area contributed by atoms with E-state index in [0.29, 0.717) is 10.8 Å². The Morgan fingerprint density at radius 1 is 0.275 bits per heavy atom. The summed E-state index contributed by atoms with van der Waals surface area (Å²) < 4.78 is 158. The van der Waals surface area contributed by atoms with E-state index in [0.717, 1.165) is 19.4 Å². The van der Waals surface area contributed by atoms with E-state index in [-0.39, 0.29) is 178 Å². The maximum absolute atomic E-state index is 7.50. The summed E-state index contributed by atoms with van der Waals surface area (Å²) in [6.07, 6.45) is 7.50. The Morgan fingerprint density at radius 3 is 0.435 bits per heavy atom. The minimum Gasteiger partial charge on any atom is -0.337 e. The molecule has 0 aromatic rings. The van der Waals surface area contributed by atoms with Crippen LogP contribution in [0.25, 0.3) is 0 Å². The van der Waals surface area contributed by atoms with Gasteiger partial charge in [-0.2, -0.15) is 5.41 Å². The van der Waals surface area contributed by atoms with E-state index in [9.17, 15) is 0 Å². The second kappa shape index (κ2) is 431. The molecule has 0 amide bonds. The van der Waals surface area contributed by atoms with Gasteiger partial charge in [0.2, 0.25) is 0 Å². The molecular formula is C36H32FeIr8O21P3+. The van der Waals surface area contributed by atoms with Gasteiger partial charge in [0.25, 0.3) is 0 Å². The van der Waals surface area contributed by atoms with Crippen LogP contribution in [0.4, 0.5) is 0 Å². The van der Waals surface area contributed by atoms with Crippen LogP contribution in [0.5, 0.6) is 0 Å². The average Bonchev–Trinajstić information content (AvgIpc) is 4.18. The summed E-state index contributed by atoms with van der Waals surface area (Å²) in [6, 6.07) is 0. The monoisotopic (exact) mass is 2490 g/mol. The van der Waals surface area contributed by atoms with Gasteiger partial charge in [-0.25, -0.2) is 0 Å². The minimum atomic E-state index is 0. The summed E-state index contributed by atoms with van der Waals surface area (Å²) in [4.78, 5) is 0. The van der Waals surface area contributed by atoms with E-state index in [2.05, 4.69) is 181 Å². The van der Waals surface area contributed by atoms with Gasteiger partial charge >= 0.3 is 254 Å². The van der Waals surface area contributed by atoms with Crippen molar-refractivity contribution in [2.24, 2.45) is 10.8 Å². The van der Waals surface area contributed by atoms with E-state index < -0.39 is 0 Å². The van der Waals surface area contributed by atoms with E-state index >= 15 is 0 Å². The van der Waals surface area contributed by atoms with Crippen molar-refractivity contribution in [3.05, 3.63) is 147 Å². The Bertz CT molecular complexity index is 840. The maximum atomic E-state index is 7.50. The number of rotatable bonds is 1. The second-order valence-corrected chi connectivity index (χ2v) is 13.6. The molecule has 21 nitrogen and oxygen atoms in total. The molecule has 1 heterocycles. The fourth-order valence-corrected chi connectivity index (χ4v) is 13.3. The molecule has 1 aliphatic heterocycles. The Morgan fingerprint density at radius 2 is 0.377 bits per heavy atom. The molecule has 0 aromatic carbocycles. The molecule has 2 aliphatic rings. The summed E-state index contributed by atoms with van der Waals surface area (Å²) in [5.74, 6) is 0. The van der Waals surface area contributed by atoms with Gasteiger partial charge in [0.1, 0.15) is 0 Å². The fraction of sp³-hybridized carbons (Fsp3) is 0.389. The molecule has 8 radical (unpaired) electrons. The van der Waals surface area contributed by atoms with Crippen molar-refractivity contribution in [3.8, 4) is 0 Å². The quantitative estimate of drug-likeness (QED) is 0.133. The van der Waals surface area contributed by atoms with Crippen molar-refractivity contribution in [2.75, 3.05) is 0 Å². The zero-order valence-corrected chi connectivity index (χ0v) is 58.3. The first-order valence-electron chi connectivity index (χ1n) is 11.6. The van der Waals surface area contributed by atoms with Crippen molar-refractivity contribution in [3.63, 3.8) is 0 Å². The van der Waals surface area contributed by atoms with Crippen LogP contribution >= 0.6 is 25.1 Å². The summed E-state index contributed by atoms with van der Waals surface area (Å²) in [5, 5.41) is 1.90. The molecule has 0 aromatic heterocycles. The van der Waals surface area contributed by atoms with Gasteiger partial charge in [-0.15, -0.1) is 8.58 Å². The first-order chi connectivity index (χ1) is 29.2. The molecule has 1 saturated carbocycles. The van der Waals surface area contributed by atoms with Crippen molar-refractivity contribution < 1.29 is 276 Å². The molecule has 396 valence electrons. The minimum absolute atomic E-state index is 0. The topological polar surface area (TPSA) is 418 Å². The zero-order chi connectivity index (χ0) is 55.8. The SMILES string of the molecule is C1CCCC1.[C-]#[O+].[C-]#[O+].[C-]#[O+].[C-]#[O+].[C-]#[O+].[C-]#[O+].[C-]#[O+].[C-]#[O+].[C-]#[O+].[C-]#[O+].[C-]#[O+].[C-]#[O+].[C-]#[O+].[C-]#[O+].[C-]#[O+].[C-]#[O+].[C-]#[O+].[C-]#[O+].[C-]#[O+].[C-]#[O+].[C-]#[O+].[CH2-]C(C)(C)C1PPC(C(C)(C)C)P1.[Fe+2].[Ir].[Ir].[Ir].[Ir].[Ir].[Ir].[Ir].[Ir]. The first kappa shape index (κ1) is 208. The van der Waals surface area contributed by atoms with Gasteiger partial charge in [0.05, 0.1) is 0 Å². The number of hydrogen-bond donors (Lipinski definition) is 0. The van der Waals surface area contributed by atoms with Crippen LogP contribution in [0, 0.1) is 157 Å². The molecule has 0 N–H and O–H groups in total. The third-order valence-corrected chi connectivity index (χ3v) is 14.1. The van der Waals surface area contributed by atoms with Gasteiger partial charge < -0.3 is 6.92 Å². The largest absolute Gasteiger partial charge is 2.00 e. The Balaban J connectivity index is -0.00000000869. The number of hydrogen-bond acceptors (Lipinski definition) is 0. The maximum Gasteiger partial charge on any atom is 2.00 e. The first-order valence-corrected chi connectivity index (χ1v) is 15.9. The molecular weight excluding hydrogens is 2450 g/mol. The Hall–Kier alpha value is 1.54.